The van der Waals surface area contributed by atoms with Gasteiger partial charge < -0.3 is 4.52 Å². The van der Waals surface area contributed by atoms with Gasteiger partial charge in [0.1, 0.15) is 5.76 Å². The number of para-hydroxylation sites is 1. The minimum absolute atomic E-state index is 0.0186. The van der Waals surface area contributed by atoms with Crippen molar-refractivity contribution >= 4 is 32.6 Å². The Balaban J connectivity index is 1.72. The molecule has 2 aromatic heterocycles. The SMILES string of the molecule is Cc1noc(C)c1CC(=O)N(Cc1ccccc1)c1nc2c(C)cccc2s1. The number of hydrogen-bond acceptors (Lipinski definition) is 5. The normalized spacial score (nSPS) is 11.1. The summed E-state index contributed by atoms with van der Waals surface area (Å²) in [4.78, 5) is 19.9. The minimum atomic E-state index is -0.0186. The van der Waals surface area contributed by atoms with Crippen LogP contribution >= 0.6 is 11.3 Å². The quantitative estimate of drug-likeness (QED) is 0.481. The van der Waals surface area contributed by atoms with Crippen molar-refractivity contribution < 1.29 is 9.32 Å². The zero-order valence-electron chi connectivity index (χ0n) is 16.1. The van der Waals surface area contributed by atoms with Crippen LogP contribution in [-0.4, -0.2) is 16.0 Å². The molecule has 0 bridgehead atoms. The van der Waals surface area contributed by atoms with Crippen LogP contribution in [0.3, 0.4) is 0 Å². The van der Waals surface area contributed by atoms with E-state index in [-0.39, 0.29) is 12.3 Å². The van der Waals surface area contributed by atoms with Crippen molar-refractivity contribution in [3.63, 3.8) is 0 Å². The summed E-state index contributed by atoms with van der Waals surface area (Å²) in [6.07, 6.45) is 0.239. The number of fused-ring (bicyclic) bond motifs is 1. The third-order valence-electron chi connectivity index (χ3n) is 4.83. The van der Waals surface area contributed by atoms with E-state index in [1.54, 1.807) is 16.2 Å². The van der Waals surface area contributed by atoms with Gasteiger partial charge in [0.15, 0.2) is 5.13 Å². The van der Waals surface area contributed by atoms with Crippen molar-refractivity contribution in [1.82, 2.24) is 10.1 Å². The highest BCUT2D eigenvalue weighted by atomic mass is 32.1. The summed E-state index contributed by atoms with van der Waals surface area (Å²) >= 11 is 1.54. The van der Waals surface area contributed by atoms with Crippen molar-refractivity contribution in [2.24, 2.45) is 0 Å². The van der Waals surface area contributed by atoms with Crippen molar-refractivity contribution in [2.45, 2.75) is 33.7 Å². The average Bonchev–Trinajstić information content (AvgIpc) is 3.26. The number of anilines is 1. The zero-order valence-corrected chi connectivity index (χ0v) is 16.9. The molecular formula is C22H21N3O2S. The number of aryl methyl sites for hydroxylation is 3. The first-order valence-electron chi connectivity index (χ1n) is 9.15. The Morgan fingerprint density at radius 2 is 1.86 bits per heavy atom. The van der Waals surface area contributed by atoms with E-state index in [9.17, 15) is 4.79 Å². The van der Waals surface area contributed by atoms with Gasteiger partial charge in [-0.1, -0.05) is 59.0 Å². The molecule has 0 spiro atoms. The van der Waals surface area contributed by atoms with Crippen LogP contribution in [0, 0.1) is 20.8 Å². The minimum Gasteiger partial charge on any atom is -0.361 e. The van der Waals surface area contributed by atoms with Gasteiger partial charge in [0.2, 0.25) is 5.91 Å². The Bertz CT molecular complexity index is 1110. The first kappa shape index (κ1) is 18.4. The standard InChI is InChI=1S/C22H21N3O2S/c1-14-8-7-11-19-21(14)23-22(28-19)25(13-17-9-5-4-6-10-17)20(26)12-18-15(2)24-27-16(18)3/h4-11H,12-13H2,1-3H3. The molecule has 4 aromatic rings. The zero-order chi connectivity index (χ0) is 19.7. The monoisotopic (exact) mass is 391 g/mol. The summed E-state index contributed by atoms with van der Waals surface area (Å²) in [7, 11) is 0. The van der Waals surface area contributed by atoms with E-state index < -0.39 is 0 Å². The molecule has 6 heteroatoms. The highest BCUT2D eigenvalue weighted by molar-refractivity contribution is 7.22. The number of nitrogens with zero attached hydrogens (tertiary/aromatic N) is 3. The van der Waals surface area contributed by atoms with Gasteiger partial charge in [-0.15, -0.1) is 0 Å². The van der Waals surface area contributed by atoms with Gasteiger partial charge >= 0.3 is 0 Å². The summed E-state index contributed by atoms with van der Waals surface area (Å²) in [5.74, 6) is 0.667. The summed E-state index contributed by atoms with van der Waals surface area (Å²) in [6.45, 7) is 6.22. The van der Waals surface area contributed by atoms with E-state index >= 15 is 0 Å². The molecule has 142 valence electrons. The summed E-state index contributed by atoms with van der Waals surface area (Å²) in [6, 6.07) is 16.1. The lowest BCUT2D eigenvalue weighted by atomic mass is 10.1. The molecule has 0 aliphatic heterocycles. The van der Waals surface area contributed by atoms with Gasteiger partial charge in [0, 0.05) is 5.56 Å². The Hall–Kier alpha value is -2.99. The second-order valence-electron chi connectivity index (χ2n) is 6.86. The molecule has 0 aliphatic rings. The van der Waals surface area contributed by atoms with Gasteiger partial charge in [-0.05, 0) is 38.0 Å². The molecule has 5 nitrogen and oxygen atoms in total. The Labute approximate surface area is 167 Å². The van der Waals surface area contributed by atoms with Crippen LogP contribution in [-0.2, 0) is 17.8 Å². The second-order valence-corrected chi connectivity index (χ2v) is 7.87. The van der Waals surface area contributed by atoms with Gasteiger partial charge in [-0.25, -0.2) is 4.98 Å². The summed E-state index contributed by atoms with van der Waals surface area (Å²) in [5.41, 5.74) is 4.72. The fourth-order valence-corrected chi connectivity index (χ4v) is 4.28. The van der Waals surface area contributed by atoms with E-state index in [4.69, 9.17) is 9.51 Å². The van der Waals surface area contributed by atoms with Gasteiger partial charge in [-0.2, -0.15) is 0 Å². The molecule has 28 heavy (non-hydrogen) atoms. The number of amides is 1. The molecule has 0 saturated heterocycles. The van der Waals surface area contributed by atoms with Crippen LogP contribution in [0.2, 0.25) is 0 Å². The maximum atomic E-state index is 13.3. The van der Waals surface area contributed by atoms with Gasteiger partial charge in [0.05, 0.1) is 28.9 Å². The van der Waals surface area contributed by atoms with Crippen LogP contribution in [0.1, 0.15) is 28.1 Å². The third-order valence-corrected chi connectivity index (χ3v) is 5.88. The maximum Gasteiger partial charge on any atom is 0.233 e. The van der Waals surface area contributed by atoms with Crippen molar-refractivity contribution in [3.8, 4) is 0 Å². The molecule has 0 fully saturated rings. The molecule has 2 aromatic carbocycles. The molecule has 2 heterocycles. The lowest BCUT2D eigenvalue weighted by molar-refractivity contribution is -0.118. The number of carbonyl (C=O) groups excluding carboxylic acids is 1. The number of thiazole rings is 1. The topological polar surface area (TPSA) is 59.2 Å². The number of hydrogen-bond donors (Lipinski definition) is 0. The Kier molecular flexibility index (Phi) is 4.96. The third kappa shape index (κ3) is 3.55. The van der Waals surface area contributed by atoms with Gasteiger partial charge in [0.25, 0.3) is 0 Å². The van der Waals surface area contributed by atoms with Crippen molar-refractivity contribution in [2.75, 3.05) is 4.90 Å². The fraction of sp³-hybridized carbons (Fsp3) is 0.227. The number of aromatic nitrogens is 2. The second kappa shape index (κ2) is 7.56. The number of benzene rings is 2. The molecule has 0 unspecified atom stereocenters. The highest BCUT2D eigenvalue weighted by Crippen LogP contribution is 2.32. The average molecular weight is 391 g/mol. The summed E-state index contributed by atoms with van der Waals surface area (Å²) < 4.78 is 6.31. The highest BCUT2D eigenvalue weighted by Gasteiger charge is 2.23. The molecule has 1 amide bonds. The number of carbonyl (C=O) groups is 1. The largest absolute Gasteiger partial charge is 0.361 e. The molecule has 0 radical (unpaired) electrons. The van der Waals surface area contributed by atoms with Gasteiger partial charge in [-0.3, -0.25) is 9.69 Å². The van der Waals surface area contributed by atoms with Crippen molar-refractivity contribution in [1.29, 1.82) is 0 Å². The molecule has 4 rings (SSSR count). The van der Waals surface area contributed by atoms with Crippen molar-refractivity contribution in [3.05, 3.63) is 76.7 Å². The van der Waals surface area contributed by atoms with E-state index in [2.05, 4.69) is 5.16 Å². The summed E-state index contributed by atoms with van der Waals surface area (Å²) in [5, 5.41) is 4.69. The predicted octanol–water partition coefficient (Wildman–Crippen LogP) is 4.99. The maximum absolute atomic E-state index is 13.3. The molecule has 0 saturated carbocycles. The predicted molar refractivity (Wildman–Crippen MR) is 112 cm³/mol. The molecular weight excluding hydrogens is 370 g/mol. The Morgan fingerprint density at radius 1 is 1.07 bits per heavy atom. The van der Waals surface area contributed by atoms with E-state index in [1.165, 1.54) is 0 Å². The first-order valence-corrected chi connectivity index (χ1v) is 9.97. The molecule has 0 atom stereocenters. The van der Waals surface area contributed by atoms with Crippen LogP contribution in [0.5, 0.6) is 0 Å². The van der Waals surface area contributed by atoms with Crippen LogP contribution in [0.25, 0.3) is 10.2 Å². The molecule has 0 aliphatic carbocycles. The van der Waals surface area contributed by atoms with Crippen LogP contribution < -0.4 is 4.90 Å². The lowest BCUT2D eigenvalue weighted by Crippen LogP contribution is -2.32. The first-order chi connectivity index (χ1) is 13.5. The lowest BCUT2D eigenvalue weighted by Gasteiger charge is -2.20. The van der Waals surface area contributed by atoms with Crippen LogP contribution in [0.15, 0.2) is 53.1 Å². The van der Waals surface area contributed by atoms with Crippen LogP contribution in [0.4, 0.5) is 5.13 Å². The van der Waals surface area contributed by atoms with E-state index in [1.807, 2.05) is 69.3 Å². The fourth-order valence-electron chi connectivity index (χ4n) is 3.22. The molecule has 0 N–H and O–H groups in total. The van der Waals surface area contributed by atoms with E-state index in [0.717, 1.165) is 32.6 Å². The number of rotatable bonds is 5. The Morgan fingerprint density at radius 3 is 2.54 bits per heavy atom. The smallest absolute Gasteiger partial charge is 0.233 e. The van der Waals surface area contributed by atoms with E-state index in [0.29, 0.717) is 17.4 Å².